The summed E-state index contributed by atoms with van der Waals surface area (Å²) in [4.78, 5) is 16.2. The largest absolute Gasteiger partial charge is 0.326 e. The number of benzene rings is 2. The Kier molecular flexibility index (Phi) is 5.99. The van der Waals surface area contributed by atoms with Crippen LogP contribution in [0.25, 0.3) is 16.8 Å². The van der Waals surface area contributed by atoms with Gasteiger partial charge in [0.25, 0.3) is 0 Å². The number of nitrogens with one attached hydrogen (secondary N) is 2. The normalized spacial score (nSPS) is 13.7. The fraction of sp³-hybridized carbons (Fsp3) is 0.208. The Hall–Kier alpha value is -3.76. The number of carbonyl (C=O) groups is 1. The van der Waals surface area contributed by atoms with Gasteiger partial charge in [0.05, 0.1) is 17.4 Å². The van der Waals surface area contributed by atoms with Crippen molar-refractivity contribution in [2.45, 2.75) is 25.8 Å². The van der Waals surface area contributed by atoms with Crippen LogP contribution in [-0.4, -0.2) is 40.3 Å². The SMILES string of the molecule is CN(Cc1ccccc1-c1ccc2cnc(Nc3ccc4c(c3)CCCC(=O)N4)nn12)[SH](=O)=O. The van der Waals surface area contributed by atoms with Crippen molar-refractivity contribution in [3.05, 3.63) is 71.9 Å². The van der Waals surface area contributed by atoms with Gasteiger partial charge in [0, 0.05) is 37.0 Å². The summed E-state index contributed by atoms with van der Waals surface area (Å²) < 4.78 is 25.8. The molecule has 2 N–H and O–H groups in total. The van der Waals surface area contributed by atoms with E-state index in [-0.39, 0.29) is 12.5 Å². The van der Waals surface area contributed by atoms with Gasteiger partial charge in [-0.15, -0.1) is 5.10 Å². The van der Waals surface area contributed by atoms with E-state index in [2.05, 4.69) is 15.6 Å². The van der Waals surface area contributed by atoms with E-state index in [1.807, 2.05) is 54.6 Å². The van der Waals surface area contributed by atoms with Crippen LogP contribution in [0.3, 0.4) is 0 Å². The summed E-state index contributed by atoms with van der Waals surface area (Å²) in [5, 5.41) is 10.9. The lowest BCUT2D eigenvalue weighted by atomic mass is 10.0. The highest BCUT2D eigenvalue weighted by Crippen LogP contribution is 2.28. The van der Waals surface area contributed by atoms with Crippen molar-refractivity contribution in [2.24, 2.45) is 0 Å². The number of hydrogen-bond acceptors (Lipinski definition) is 6. The van der Waals surface area contributed by atoms with Crippen LogP contribution in [0, 0.1) is 0 Å². The molecule has 0 unspecified atom stereocenters. The first-order chi connectivity index (χ1) is 16.5. The van der Waals surface area contributed by atoms with E-state index in [9.17, 15) is 13.2 Å². The Morgan fingerprint density at radius 1 is 1.12 bits per heavy atom. The van der Waals surface area contributed by atoms with E-state index in [0.717, 1.165) is 52.1 Å². The molecule has 1 amide bonds. The molecule has 0 radical (unpaired) electrons. The van der Waals surface area contributed by atoms with Crippen LogP contribution in [0.4, 0.5) is 17.3 Å². The molecule has 3 heterocycles. The fourth-order valence-corrected chi connectivity index (χ4v) is 4.42. The number of anilines is 3. The van der Waals surface area contributed by atoms with Crippen molar-refractivity contribution < 1.29 is 13.2 Å². The number of fused-ring (bicyclic) bond motifs is 2. The molecular weight excluding hydrogens is 452 g/mol. The second-order valence-electron chi connectivity index (χ2n) is 8.25. The Morgan fingerprint density at radius 2 is 1.97 bits per heavy atom. The highest BCUT2D eigenvalue weighted by atomic mass is 32.2. The van der Waals surface area contributed by atoms with Gasteiger partial charge in [0.2, 0.25) is 22.7 Å². The molecule has 1 aliphatic rings. The standard InChI is InChI=1S/C24H24N6O3S/c1-29(34(32)33)15-17-5-2-3-7-20(17)22-12-10-19-14-25-24(28-30(19)22)26-18-9-11-21-16(13-18)6-4-8-23(31)27-21/h2-3,5,7,9-14,34H,4,6,8,15H2,1H3,(H,26,28)(H,27,31). The topological polar surface area (TPSA) is 109 Å². The number of rotatable bonds is 6. The number of aromatic nitrogens is 3. The van der Waals surface area contributed by atoms with Gasteiger partial charge >= 0.3 is 0 Å². The molecule has 0 atom stereocenters. The van der Waals surface area contributed by atoms with Crippen LogP contribution in [0.2, 0.25) is 0 Å². The lowest BCUT2D eigenvalue weighted by Gasteiger charge is -2.14. The zero-order valence-corrected chi connectivity index (χ0v) is 19.5. The molecule has 9 nitrogen and oxygen atoms in total. The van der Waals surface area contributed by atoms with Gasteiger partial charge in [-0.2, -0.15) is 0 Å². The smallest absolute Gasteiger partial charge is 0.245 e. The van der Waals surface area contributed by atoms with Crippen molar-refractivity contribution in [1.29, 1.82) is 0 Å². The fourth-order valence-electron chi connectivity index (χ4n) is 4.16. The van der Waals surface area contributed by atoms with E-state index in [1.165, 1.54) is 4.31 Å². The maximum Gasteiger partial charge on any atom is 0.245 e. The molecule has 0 saturated carbocycles. The van der Waals surface area contributed by atoms with Gasteiger partial charge < -0.3 is 10.6 Å². The van der Waals surface area contributed by atoms with E-state index in [0.29, 0.717) is 12.4 Å². The average molecular weight is 477 g/mol. The van der Waals surface area contributed by atoms with Gasteiger partial charge in [-0.25, -0.2) is 22.2 Å². The molecule has 0 bridgehead atoms. The number of carbonyl (C=O) groups excluding carboxylic acids is 1. The molecule has 4 aromatic rings. The van der Waals surface area contributed by atoms with Gasteiger partial charge in [-0.05, 0) is 54.3 Å². The molecule has 0 fully saturated rings. The minimum atomic E-state index is -2.66. The number of aryl methyl sites for hydroxylation is 1. The molecule has 0 saturated heterocycles. The monoisotopic (exact) mass is 476 g/mol. The third kappa shape index (κ3) is 4.50. The van der Waals surface area contributed by atoms with Crippen molar-refractivity contribution in [1.82, 2.24) is 18.9 Å². The summed E-state index contributed by atoms with van der Waals surface area (Å²) in [5.74, 6) is 0.474. The first kappa shape index (κ1) is 22.1. The number of thiol groups is 1. The zero-order chi connectivity index (χ0) is 23.7. The van der Waals surface area contributed by atoms with Crippen LogP contribution >= 0.6 is 0 Å². The van der Waals surface area contributed by atoms with Crippen molar-refractivity contribution in [2.75, 3.05) is 17.7 Å². The molecule has 5 rings (SSSR count). The van der Waals surface area contributed by atoms with Crippen LogP contribution in [0.1, 0.15) is 24.0 Å². The first-order valence-electron chi connectivity index (χ1n) is 11.0. The highest BCUT2D eigenvalue weighted by molar-refractivity contribution is 7.69. The van der Waals surface area contributed by atoms with Crippen LogP contribution in [0.15, 0.2) is 60.8 Å². The summed E-state index contributed by atoms with van der Waals surface area (Å²) in [6.07, 6.45) is 3.90. The lowest BCUT2D eigenvalue weighted by molar-refractivity contribution is -0.116. The Labute approximate surface area is 198 Å². The van der Waals surface area contributed by atoms with Gasteiger partial charge in [0.1, 0.15) is 0 Å². The number of amides is 1. The summed E-state index contributed by atoms with van der Waals surface area (Å²) >= 11 is 0. The van der Waals surface area contributed by atoms with E-state index < -0.39 is 10.9 Å². The molecule has 34 heavy (non-hydrogen) atoms. The number of hydrogen-bond donors (Lipinski definition) is 3. The number of nitrogens with zero attached hydrogens (tertiary/aromatic N) is 4. The van der Waals surface area contributed by atoms with Crippen LogP contribution in [-0.2, 0) is 28.7 Å². The molecular formula is C24H24N6O3S. The average Bonchev–Trinajstić information content (AvgIpc) is 3.14. The van der Waals surface area contributed by atoms with Gasteiger partial charge in [-0.3, -0.25) is 4.79 Å². The summed E-state index contributed by atoms with van der Waals surface area (Å²) in [6, 6.07) is 17.4. The summed E-state index contributed by atoms with van der Waals surface area (Å²) in [6.45, 7) is 0.268. The van der Waals surface area contributed by atoms with Gasteiger partial charge in [-0.1, -0.05) is 24.3 Å². The van der Waals surface area contributed by atoms with Crippen LogP contribution in [0.5, 0.6) is 0 Å². The maximum atomic E-state index is 11.8. The Balaban J connectivity index is 1.47. The van der Waals surface area contributed by atoms with E-state index >= 15 is 0 Å². The summed E-state index contributed by atoms with van der Waals surface area (Å²) in [7, 11) is -1.11. The molecule has 2 aromatic carbocycles. The Morgan fingerprint density at radius 3 is 2.82 bits per heavy atom. The van der Waals surface area contributed by atoms with Crippen molar-refractivity contribution in [3.8, 4) is 11.3 Å². The summed E-state index contributed by atoms with van der Waals surface area (Å²) in [5.41, 5.74) is 6.20. The third-order valence-electron chi connectivity index (χ3n) is 5.86. The molecule has 2 aromatic heterocycles. The lowest BCUT2D eigenvalue weighted by Crippen LogP contribution is -2.16. The molecule has 1 aliphatic heterocycles. The predicted molar refractivity (Wildman–Crippen MR) is 131 cm³/mol. The third-order valence-corrected chi connectivity index (χ3v) is 6.55. The second kappa shape index (κ2) is 9.24. The Bertz CT molecular complexity index is 1450. The minimum absolute atomic E-state index is 0.0435. The predicted octanol–water partition coefficient (Wildman–Crippen LogP) is 3.37. The zero-order valence-electron chi connectivity index (χ0n) is 18.6. The quantitative estimate of drug-likeness (QED) is 0.368. The van der Waals surface area contributed by atoms with E-state index in [1.54, 1.807) is 17.8 Å². The van der Waals surface area contributed by atoms with Crippen LogP contribution < -0.4 is 10.6 Å². The van der Waals surface area contributed by atoms with Crippen molar-refractivity contribution >= 4 is 39.6 Å². The minimum Gasteiger partial charge on any atom is -0.326 e. The maximum absolute atomic E-state index is 11.8. The molecule has 10 heteroatoms. The van der Waals surface area contributed by atoms with E-state index in [4.69, 9.17) is 5.10 Å². The second-order valence-corrected chi connectivity index (χ2v) is 9.40. The first-order valence-corrected chi connectivity index (χ1v) is 12.1. The van der Waals surface area contributed by atoms with Crippen molar-refractivity contribution in [3.63, 3.8) is 0 Å². The molecule has 0 aliphatic carbocycles. The molecule has 174 valence electrons. The van der Waals surface area contributed by atoms with Gasteiger partial charge in [0.15, 0.2) is 0 Å². The molecule has 0 spiro atoms. The highest BCUT2D eigenvalue weighted by Gasteiger charge is 2.15.